The van der Waals surface area contributed by atoms with Gasteiger partial charge in [0.25, 0.3) is 5.91 Å². The van der Waals surface area contributed by atoms with Crippen LogP contribution in [0.2, 0.25) is 0 Å². The minimum absolute atomic E-state index is 0.105. The molecule has 2 unspecified atom stereocenters. The summed E-state index contributed by atoms with van der Waals surface area (Å²) in [7, 11) is 0. The van der Waals surface area contributed by atoms with Crippen molar-refractivity contribution >= 4 is 17.7 Å². The second kappa shape index (κ2) is 13.3. The van der Waals surface area contributed by atoms with Crippen molar-refractivity contribution in [3.63, 3.8) is 0 Å². The number of aliphatic hydroxyl groups excluding tert-OH is 1. The summed E-state index contributed by atoms with van der Waals surface area (Å²) in [6, 6.07) is 17.0. The van der Waals surface area contributed by atoms with Gasteiger partial charge in [0.15, 0.2) is 0 Å². The number of likely N-dealkylation sites (tertiary alicyclic amines) is 1. The molecule has 2 heterocycles. The molecule has 39 heavy (non-hydrogen) atoms. The third-order valence-electron chi connectivity index (χ3n) is 6.96. The fourth-order valence-electron chi connectivity index (χ4n) is 4.97. The smallest absolute Gasteiger partial charge is 0.320 e. The summed E-state index contributed by atoms with van der Waals surface area (Å²) >= 11 is 0. The van der Waals surface area contributed by atoms with Crippen molar-refractivity contribution in [3.05, 3.63) is 84.3 Å². The van der Waals surface area contributed by atoms with Gasteiger partial charge in [0.2, 0.25) is 5.91 Å². The number of carbonyl (C=O) groups is 3. The first-order chi connectivity index (χ1) is 18.8. The van der Waals surface area contributed by atoms with Gasteiger partial charge in [-0.2, -0.15) is 0 Å². The van der Waals surface area contributed by atoms with Gasteiger partial charge in [0, 0.05) is 25.2 Å². The maximum absolute atomic E-state index is 13.8. The monoisotopic (exact) mass is 535 g/mol. The minimum atomic E-state index is -1.16. The Morgan fingerprint density at radius 3 is 2.31 bits per heavy atom. The highest BCUT2D eigenvalue weighted by molar-refractivity contribution is 5.94. The Labute approximate surface area is 229 Å². The van der Waals surface area contributed by atoms with Crippen LogP contribution in [0.5, 0.6) is 0 Å². The Morgan fingerprint density at radius 2 is 1.67 bits per heavy atom. The second-order valence-corrected chi connectivity index (χ2v) is 10.4. The Balaban J connectivity index is 1.50. The Kier molecular flexibility index (Phi) is 9.59. The van der Waals surface area contributed by atoms with Crippen molar-refractivity contribution < 1.29 is 29.0 Å². The molecule has 3 atom stereocenters. The number of hydrogen-bond acceptors (Lipinski definition) is 6. The van der Waals surface area contributed by atoms with Crippen molar-refractivity contribution in [2.45, 2.75) is 64.1 Å². The van der Waals surface area contributed by atoms with Crippen molar-refractivity contribution in [3.8, 4) is 0 Å². The summed E-state index contributed by atoms with van der Waals surface area (Å²) in [5, 5.41) is 14.1. The van der Waals surface area contributed by atoms with E-state index in [2.05, 4.69) is 5.32 Å². The lowest BCUT2D eigenvalue weighted by molar-refractivity contribution is -0.162. The standard InChI is InChI=1S/C30H37N3O6/c1-21(2)18-25(33(19-22-10-5-3-6-11-22)29(37)30-38-16-17-39-30)27(35)31-24-14-9-15-32(20-26(24)34)28(36)23-12-7-4-8-13-23/h3-8,10-13,16-17,21,24-26,30,34H,9,14-15,18-20H2,1-2H3,(H,31,35)/t24?,25-,26?/m0/s1. The van der Waals surface area contributed by atoms with Gasteiger partial charge in [-0.1, -0.05) is 62.4 Å². The van der Waals surface area contributed by atoms with Crippen LogP contribution in [0, 0.1) is 5.92 Å². The van der Waals surface area contributed by atoms with Crippen molar-refractivity contribution in [2.24, 2.45) is 5.92 Å². The summed E-state index contributed by atoms with van der Waals surface area (Å²) in [6.07, 6.45) is 2.05. The van der Waals surface area contributed by atoms with Crippen LogP contribution in [-0.4, -0.2) is 70.2 Å². The molecule has 2 aliphatic rings. The van der Waals surface area contributed by atoms with E-state index in [4.69, 9.17) is 9.47 Å². The van der Waals surface area contributed by atoms with Crippen molar-refractivity contribution in [1.29, 1.82) is 0 Å². The topological polar surface area (TPSA) is 108 Å². The molecule has 9 heteroatoms. The number of amides is 3. The predicted molar refractivity (Wildman–Crippen MR) is 145 cm³/mol. The number of ether oxygens (including phenoxy) is 2. The van der Waals surface area contributed by atoms with Crippen molar-refractivity contribution in [2.75, 3.05) is 13.1 Å². The minimum Gasteiger partial charge on any atom is -0.451 e. The first-order valence-electron chi connectivity index (χ1n) is 13.5. The van der Waals surface area contributed by atoms with Gasteiger partial charge in [0.05, 0.1) is 12.1 Å². The van der Waals surface area contributed by atoms with Gasteiger partial charge in [-0.25, -0.2) is 0 Å². The average molecular weight is 536 g/mol. The molecule has 0 radical (unpaired) electrons. The molecule has 4 rings (SSSR count). The average Bonchev–Trinajstić information content (AvgIpc) is 3.42. The molecule has 9 nitrogen and oxygen atoms in total. The van der Waals surface area contributed by atoms with Crippen LogP contribution in [0.25, 0.3) is 0 Å². The Hall–Kier alpha value is -3.85. The maximum Gasteiger partial charge on any atom is 0.320 e. The van der Waals surface area contributed by atoms with E-state index < -0.39 is 30.4 Å². The van der Waals surface area contributed by atoms with E-state index in [9.17, 15) is 19.5 Å². The quantitative estimate of drug-likeness (QED) is 0.511. The molecule has 2 aromatic carbocycles. The highest BCUT2D eigenvalue weighted by Crippen LogP contribution is 2.22. The van der Waals surface area contributed by atoms with Crippen LogP contribution in [-0.2, 0) is 25.6 Å². The lowest BCUT2D eigenvalue weighted by Gasteiger charge is -2.34. The van der Waals surface area contributed by atoms with Crippen LogP contribution in [0.3, 0.4) is 0 Å². The molecule has 2 N–H and O–H groups in total. The van der Waals surface area contributed by atoms with Crippen LogP contribution in [0.1, 0.15) is 49.0 Å². The zero-order chi connectivity index (χ0) is 27.8. The molecule has 0 aromatic heterocycles. The first-order valence-corrected chi connectivity index (χ1v) is 13.5. The SMILES string of the molecule is CC(C)C[C@@H](C(=O)NC1CCCN(C(=O)c2ccccc2)CC1O)N(Cc1ccccc1)C(=O)C1OC=CO1. The molecule has 1 fully saturated rings. The molecule has 2 aliphatic heterocycles. The first kappa shape index (κ1) is 28.2. The van der Waals surface area contributed by atoms with E-state index >= 15 is 0 Å². The van der Waals surface area contributed by atoms with Gasteiger partial charge in [0.1, 0.15) is 18.6 Å². The van der Waals surface area contributed by atoms with Gasteiger partial charge in [-0.3, -0.25) is 14.4 Å². The lowest BCUT2D eigenvalue weighted by atomic mass is 9.99. The van der Waals surface area contributed by atoms with Crippen LogP contribution >= 0.6 is 0 Å². The predicted octanol–water partition coefficient (Wildman–Crippen LogP) is 3.06. The fourth-order valence-corrected chi connectivity index (χ4v) is 4.97. The molecule has 208 valence electrons. The summed E-state index contributed by atoms with van der Waals surface area (Å²) in [4.78, 5) is 43.4. The number of nitrogens with one attached hydrogen (secondary N) is 1. The van der Waals surface area contributed by atoms with Crippen molar-refractivity contribution in [1.82, 2.24) is 15.1 Å². The third kappa shape index (κ3) is 7.38. The van der Waals surface area contributed by atoms with E-state index in [1.807, 2.05) is 50.2 Å². The highest BCUT2D eigenvalue weighted by Gasteiger charge is 2.38. The highest BCUT2D eigenvalue weighted by atomic mass is 16.7. The van der Waals surface area contributed by atoms with Gasteiger partial charge >= 0.3 is 12.2 Å². The molecule has 2 aromatic rings. The van der Waals surface area contributed by atoms with E-state index in [1.54, 1.807) is 29.2 Å². The van der Waals surface area contributed by atoms with Gasteiger partial charge in [-0.15, -0.1) is 0 Å². The number of aliphatic hydroxyl groups is 1. The zero-order valence-electron chi connectivity index (χ0n) is 22.4. The van der Waals surface area contributed by atoms with Gasteiger partial charge < -0.3 is 29.7 Å². The Morgan fingerprint density at radius 1 is 1.03 bits per heavy atom. The number of β-amino-alcohol motifs (C(OH)–C–C–N with tert-alkyl or cyclic N) is 1. The second-order valence-electron chi connectivity index (χ2n) is 10.4. The maximum atomic E-state index is 13.8. The summed E-state index contributed by atoms with van der Waals surface area (Å²) in [6.45, 7) is 4.76. The fraction of sp³-hybridized carbons (Fsp3) is 0.433. The molecule has 0 bridgehead atoms. The van der Waals surface area contributed by atoms with Gasteiger partial charge in [-0.05, 0) is 42.9 Å². The van der Waals surface area contributed by atoms with Crippen LogP contribution in [0.4, 0.5) is 0 Å². The van der Waals surface area contributed by atoms with E-state index in [0.29, 0.717) is 31.4 Å². The summed E-state index contributed by atoms with van der Waals surface area (Å²) in [5.41, 5.74) is 1.42. The molecule has 3 amide bonds. The lowest BCUT2D eigenvalue weighted by Crippen LogP contribution is -2.56. The summed E-state index contributed by atoms with van der Waals surface area (Å²) in [5.74, 6) is -0.853. The van der Waals surface area contributed by atoms with Crippen LogP contribution < -0.4 is 5.32 Å². The molecular weight excluding hydrogens is 498 g/mol. The molecule has 0 saturated carbocycles. The summed E-state index contributed by atoms with van der Waals surface area (Å²) < 4.78 is 10.6. The van der Waals surface area contributed by atoms with E-state index in [1.165, 1.54) is 17.4 Å². The van der Waals surface area contributed by atoms with E-state index in [-0.39, 0.29) is 30.8 Å². The number of carbonyl (C=O) groups excluding carboxylic acids is 3. The normalized spacial score (nSPS) is 20.1. The third-order valence-corrected chi connectivity index (χ3v) is 6.96. The van der Waals surface area contributed by atoms with E-state index in [0.717, 1.165) is 5.56 Å². The van der Waals surface area contributed by atoms with Crippen LogP contribution in [0.15, 0.2) is 73.2 Å². The zero-order valence-corrected chi connectivity index (χ0v) is 22.4. The Bertz CT molecular complexity index is 1130. The molecule has 1 saturated heterocycles. The number of rotatable bonds is 9. The molecular formula is C30H37N3O6. The largest absolute Gasteiger partial charge is 0.451 e. The molecule has 0 aliphatic carbocycles. The number of benzene rings is 2. The molecule has 0 spiro atoms. The number of nitrogens with zero attached hydrogens (tertiary/aromatic N) is 2. The number of hydrogen-bond donors (Lipinski definition) is 2.